The van der Waals surface area contributed by atoms with E-state index in [0.29, 0.717) is 0 Å². The van der Waals surface area contributed by atoms with E-state index in [4.69, 9.17) is 0 Å². The number of nitrogens with one attached hydrogen (secondary N) is 2. The Labute approximate surface area is 117 Å². The summed E-state index contributed by atoms with van der Waals surface area (Å²) in [7, 11) is 0. The van der Waals surface area contributed by atoms with Crippen LogP contribution < -0.4 is 10.6 Å². The van der Waals surface area contributed by atoms with Crippen molar-refractivity contribution >= 4 is 34.2 Å². The molecule has 3 nitrogen and oxygen atoms in total. The molecule has 1 rings (SSSR count). The predicted molar refractivity (Wildman–Crippen MR) is 80.3 cm³/mol. The quantitative estimate of drug-likeness (QED) is 0.823. The molecule has 94 valence electrons. The number of benzene rings is 1. The molecule has 4 heteroatoms. The third kappa shape index (κ3) is 3.96. The summed E-state index contributed by atoms with van der Waals surface area (Å²) in [4.78, 5) is 12.0. The Kier molecular flexibility index (Phi) is 4.94. The summed E-state index contributed by atoms with van der Waals surface area (Å²) >= 11 is 2.27. The van der Waals surface area contributed by atoms with Crippen molar-refractivity contribution in [2.75, 3.05) is 11.9 Å². The van der Waals surface area contributed by atoms with Crippen LogP contribution in [0.2, 0.25) is 0 Å². The fourth-order valence-electron chi connectivity index (χ4n) is 1.48. The van der Waals surface area contributed by atoms with Crippen LogP contribution in [0.5, 0.6) is 0 Å². The first-order chi connectivity index (χ1) is 7.86. The Bertz CT molecular complexity index is 416. The minimum atomic E-state index is -0.551. The van der Waals surface area contributed by atoms with Crippen molar-refractivity contribution in [2.45, 2.75) is 33.2 Å². The zero-order chi connectivity index (χ0) is 13.1. The lowest BCUT2D eigenvalue weighted by molar-refractivity contribution is -0.121. The highest BCUT2D eigenvalue weighted by Gasteiger charge is 2.26. The van der Waals surface area contributed by atoms with Crippen molar-refractivity contribution in [3.05, 3.63) is 27.3 Å². The lowest BCUT2D eigenvalue weighted by Crippen LogP contribution is -2.49. The molecule has 1 aromatic carbocycles. The first-order valence-electron chi connectivity index (χ1n) is 5.69. The van der Waals surface area contributed by atoms with E-state index in [1.54, 1.807) is 0 Å². The number of amides is 1. The van der Waals surface area contributed by atoms with Gasteiger partial charge in [-0.25, -0.2) is 0 Å². The molecule has 0 saturated heterocycles. The molecule has 0 aromatic heterocycles. The van der Waals surface area contributed by atoms with Crippen LogP contribution >= 0.6 is 22.6 Å². The summed E-state index contributed by atoms with van der Waals surface area (Å²) in [6.45, 7) is 8.57. The van der Waals surface area contributed by atoms with Crippen LogP contribution in [0.25, 0.3) is 0 Å². The molecule has 0 aliphatic rings. The molecule has 0 bridgehead atoms. The molecule has 2 N–H and O–H groups in total. The molecule has 0 fully saturated rings. The number of halogens is 1. The van der Waals surface area contributed by atoms with E-state index in [1.807, 2.05) is 39.0 Å². The van der Waals surface area contributed by atoms with E-state index in [1.165, 1.54) is 5.56 Å². The molecule has 0 aliphatic heterocycles. The van der Waals surface area contributed by atoms with Gasteiger partial charge in [0.25, 0.3) is 0 Å². The molecular weight excluding hydrogens is 327 g/mol. The smallest absolute Gasteiger partial charge is 0.244 e. The van der Waals surface area contributed by atoms with Gasteiger partial charge in [-0.1, -0.05) is 13.0 Å². The van der Waals surface area contributed by atoms with Crippen molar-refractivity contribution in [1.82, 2.24) is 5.32 Å². The average molecular weight is 346 g/mol. The maximum absolute atomic E-state index is 12.0. The van der Waals surface area contributed by atoms with Gasteiger partial charge in [-0.05, 0) is 67.6 Å². The summed E-state index contributed by atoms with van der Waals surface area (Å²) in [6.07, 6.45) is 0. The normalized spacial score (nSPS) is 11.4. The third-order valence-electron chi connectivity index (χ3n) is 2.62. The van der Waals surface area contributed by atoms with Crippen molar-refractivity contribution in [3.8, 4) is 0 Å². The second-order valence-corrected chi connectivity index (χ2v) is 5.74. The van der Waals surface area contributed by atoms with Crippen LogP contribution in [0.4, 0.5) is 5.69 Å². The Hall–Kier alpha value is -0.620. The highest BCUT2D eigenvalue weighted by Crippen LogP contribution is 2.18. The van der Waals surface area contributed by atoms with Crippen molar-refractivity contribution < 1.29 is 4.79 Å². The fourth-order valence-corrected chi connectivity index (χ4v) is 2.00. The van der Waals surface area contributed by atoms with Crippen LogP contribution in [0.1, 0.15) is 26.3 Å². The number of hydrogen-bond acceptors (Lipinski definition) is 2. The fraction of sp³-hybridized carbons (Fsp3) is 0.462. The Morgan fingerprint density at radius 3 is 2.59 bits per heavy atom. The van der Waals surface area contributed by atoms with E-state index in [2.05, 4.69) is 40.1 Å². The van der Waals surface area contributed by atoms with Crippen molar-refractivity contribution in [2.24, 2.45) is 0 Å². The lowest BCUT2D eigenvalue weighted by atomic mass is 10.0. The Balaban J connectivity index is 2.77. The predicted octanol–water partition coefficient (Wildman–Crippen LogP) is 2.93. The van der Waals surface area contributed by atoms with E-state index < -0.39 is 5.54 Å². The number of hydrogen-bond donors (Lipinski definition) is 2. The summed E-state index contributed by atoms with van der Waals surface area (Å²) < 4.78 is 1.15. The molecule has 1 amide bonds. The molecule has 0 spiro atoms. The minimum absolute atomic E-state index is 0.0148. The number of likely N-dealkylation sites (N-methyl/N-ethyl adjacent to an activating group) is 1. The standard InChI is InChI=1S/C13H19IN2O/c1-5-15-13(3,4)12(17)16-10-7-6-9(2)11(14)8-10/h6-8,15H,5H2,1-4H3,(H,16,17). The van der Waals surface area contributed by atoms with Crippen LogP contribution in [0.3, 0.4) is 0 Å². The maximum atomic E-state index is 12.0. The summed E-state index contributed by atoms with van der Waals surface area (Å²) in [5, 5.41) is 6.08. The van der Waals surface area contributed by atoms with Gasteiger partial charge < -0.3 is 10.6 Å². The van der Waals surface area contributed by atoms with Gasteiger partial charge in [0.2, 0.25) is 5.91 Å². The number of rotatable bonds is 4. The molecule has 0 heterocycles. The van der Waals surface area contributed by atoms with E-state index in [9.17, 15) is 4.79 Å². The zero-order valence-electron chi connectivity index (χ0n) is 10.7. The number of carbonyl (C=O) groups excluding carboxylic acids is 1. The van der Waals surface area contributed by atoms with Crippen LogP contribution in [-0.2, 0) is 4.79 Å². The first kappa shape index (κ1) is 14.4. The maximum Gasteiger partial charge on any atom is 0.244 e. The average Bonchev–Trinajstić information content (AvgIpc) is 2.23. The summed E-state index contributed by atoms with van der Waals surface area (Å²) in [5.74, 6) is -0.0148. The van der Waals surface area contributed by atoms with Crippen molar-refractivity contribution in [3.63, 3.8) is 0 Å². The second kappa shape index (κ2) is 5.82. The van der Waals surface area contributed by atoms with Gasteiger partial charge in [0, 0.05) is 9.26 Å². The van der Waals surface area contributed by atoms with Gasteiger partial charge in [-0.2, -0.15) is 0 Å². The van der Waals surface area contributed by atoms with E-state index >= 15 is 0 Å². The number of anilines is 1. The largest absolute Gasteiger partial charge is 0.324 e. The number of carbonyl (C=O) groups is 1. The van der Waals surface area contributed by atoms with Crippen LogP contribution in [-0.4, -0.2) is 18.0 Å². The molecule has 0 aliphatic carbocycles. The molecular formula is C13H19IN2O. The van der Waals surface area contributed by atoms with Crippen molar-refractivity contribution in [1.29, 1.82) is 0 Å². The molecule has 0 atom stereocenters. The minimum Gasteiger partial charge on any atom is -0.324 e. The Morgan fingerprint density at radius 2 is 2.06 bits per heavy atom. The topological polar surface area (TPSA) is 41.1 Å². The third-order valence-corrected chi connectivity index (χ3v) is 3.78. The Morgan fingerprint density at radius 1 is 1.41 bits per heavy atom. The SMILES string of the molecule is CCNC(C)(C)C(=O)Nc1ccc(C)c(I)c1. The first-order valence-corrected chi connectivity index (χ1v) is 6.77. The van der Waals surface area contributed by atoms with Crippen LogP contribution in [0, 0.1) is 10.5 Å². The van der Waals surface area contributed by atoms with Gasteiger partial charge in [0.15, 0.2) is 0 Å². The molecule has 17 heavy (non-hydrogen) atoms. The number of aryl methyl sites for hydroxylation is 1. The van der Waals surface area contributed by atoms with E-state index in [-0.39, 0.29) is 5.91 Å². The second-order valence-electron chi connectivity index (χ2n) is 4.57. The van der Waals surface area contributed by atoms with Gasteiger partial charge in [-0.3, -0.25) is 4.79 Å². The molecule has 0 radical (unpaired) electrons. The molecule has 1 aromatic rings. The van der Waals surface area contributed by atoms with Gasteiger partial charge in [-0.15, -0.1) is 0 Å². The highest BCUT2D eigenvalue weighted by molar-refractivity contribution is 14.1. The van der Waals surface area contributed by atoms with Gasteiger partial charge in [0.05, 0.1) is 5.54 Å². The van der Waals surface area contributed by atoms with Crippen LogP contribution in [0.15, 0.2) is 18.2 Å². The monoisotopic (exact) mass is 346 g/mol. The summed E-state index contributed by atoms with van der Waals surface area (Å²) in [5.41, 5.74) is 1.51. The summed E-state index contributed by atoms with van der Waals surface area (Å²) in [6, 6.07) is 5.92. The lowest BCUT2D eigenvalue weighted by Gasteiger charge is -2.24. The molecule has 0 unspecified atom stereocenters. The highest BCUT2D eigenvalue weighted by atomic mass is 127. The van der Waals surface area contributed by atoms with Gasteiger partial charge in [0.1, 0.15) is 0 Å². The zero-order valence-corrected chi connectivity index (χ0v) is 12.9. The van der Waals surface area contributed by atoms with E-state index in [0.717, 1.165) is 15.8 Å². The molecule has 0 saturated carbocycles. The van der Waals surface area contributed by atoms with Gasteiger partial charge >= 0.3 is 0 Å².